The number of carbonyl (C=O) groups excluding carboxylic acids is 4. The third-order valence-corrected chi connectivity index (χ3v) is 14.8. The lowest BCUT2D eigenvalue weighted by Gasteiger charge is -2.44. The summed E-state index contributed by atoms with van der Waals surface area (Å²) >= 11 is 0. The lowest BCUT2D eigenvalue weighted by Crippen LogP contribution is -2.53. The van der Waals surface area contributed by atoms with Gasteiger partial charge >= 0.3 is 6.09 Å². The van der Waals surface area contributed by atoms with E-state index in [1.54, 1.807) is 14.7 Å². The highest BCUT2D eigenvalue weighted by atomic mass is 19.1. The third kappa shape index (κ3) is 9.81. The second-order valence-corrected chi connectivity index (χ2v) is 20.5. The Hall–Kier alpha value is -6.84. The van der Waals surface area contributed by atoms with E-state index in [9.17, 15) is 19.2 Å². The fraction of sp³-hybridized carbons (Fsp3) is 0.551. The van der Waals surface area contributed by atoms with Crippen LogP contribution in [0.15, 0.2) is 35.4 Å². The summed E-state index contributed by atoms with van der Waals surface area (Å²) in [6.45, 7) is 12.1. The summed E-state index contributed by atoms with van der Waals surface area (Å²) in [5.41, 5.74) is 9.30. The van der Waals surface area contributed by atoms with E-state index in [1.165, 1.54) is 18.5 Å². The summed E-state index contributed by atoms with van der Waals surface area (Å²) < 4.78 is 44.0. The first kappa shape index (κ1) is 47.8. The molecule has 5 aromatic rings. The van der Waals surface area contributed by atoms with Crippen LogP contribution in [0.1, 0.15) is 102 Å². The van der Waals surface area contributed by atoms with Gasteiger partial charge in [-0.25, -0.2) is 38.2 Å². The summed E-state index contributed by atoms with van der Waals surface area (Å²) in [6.07, 6.45) is 9.88. The number of nitrogen functional groups attached to an aromatic ring is 1. The molecule has 4 aliphatic heterocycles. The number of fused-ring (bicyclic) bond motifs is 1. The molecule has 71 heavy (non-hydrogen) atoms. The molecule has 8 heterocycles. The summed E-state index contributed by atoms with van der Waals surface area (Å²) in [5.74, 6) is -0.398. The summed E-state index contributed by atoms with van der Waals surface area (Å²) in [4.78, 5) is 75.9. The molecular weight excluding hydrogens is 919 g/mol. The topological polar surface area (TPSA) is 236 Å². The van der Waals surface area contributed by atoms with Gasteiger partial charge in [0.1, 0.15) is 35.3 Å². The maximum absolute atomic E-state index is 15.3. The predicted octanol–water partition coefficient (Wildman–Crippen LogP) is 5.41. The van der Waals surface area contributed by atoms with Crippen molar-refractivity contribution in [3.63, 3.8) is 0 Å². The number of hydrogen-bond acceptors (Lipinski definition) is 16. The predicted molar refractivity (Wildman–Crippen MR) is 257 cm³/mol. The smallest absolute Gasteiger partial charge is 0.410 e. The van der Waals surface area contributed by atoms with Crippen LogP contribution >= 0.6 is 0 Å². The Morgan fingerprint density at radius 1 is 0.873 bits per heavy atom. The van der Waals surface area contributed by atoms with E-state index in [1.807, 2.05) is 37.8 Å². The Morgan fingerprint density at radius 2 is 1.55 bits per heavy atom. The molecule has 20 nitrogen and oxygen atoms in total. The number of ether oxygens (including phenoxy) is 1. The fourth-order valence-corrected chi connectivity index (χ4v) is 10.6. The number of nitrogens with one attached hydrogen (secondary N) is 2. The second-order valence-electron chi connectivity index (χ2n) is 20.5. The summed E-state index contributed by atoms with van der Waals surface area (Å²) in [7, 11) is 0. The zero-order chi connectivity index (χ0) is 49.7. The number of piperazine rings is 1. The van der Waals surface area contributed by atoms with Crippen LogP contribution in [0.25, 0.3) is 33.8 Å². The molecular formula is C49H60F2N14O6. The van der Waals surface area contributed by atoms with Crippen molar-refractivity contribution in [2.45, 2.75) is 109 Å². The molecule has 376 valence electrons. The number of carbonyl (C=O) groups is 4. The van der Waals surface area contributed by atoms with Crippen LogP contribution in [0.2, 0.25) is 0 Å². The normalized spacial score (nSPS) is 20.4. The van der Waals surface area contributed by atoms with Gasteiger partial charge in [-0.2, -0.15) is 5.10 Å². The Balaban J connectivity index is 0.674. The van der Waals surface area contributed by atoms with Gasteiger partial charge in [-0.15, -0.1) is 0 Å². The van der Waals surface area contributed by atoms with Gasteiger partial charge < -0.3 is 35.0 Å². The molecule has 1 aromatic carbocycles. The Morgan fingerprint density at radius 3 is 2.20 bits per heavy atom. The number of nitrogens with two attached hydrogens (primary N) is 1. The second kappa shape index (κ2) is 19.4. The largest absolute Gasteiger partial charge is 0.439 e. The van der Waals surface area contributed by atoms with E-state index in [4.69, 9.17) is 30.1 Å². The van der Waals surface area contributed by atoms with Crippen molar-refractivity contribution in [2.24, 2.45) is 5.92 Å². The van der Waals surface area contributed by atoms with Crippen molar-refractivity contribution in [1.82, 2.24) is 54.9 Å². The lowest BCUT2D eigenvalue weighted by molar-refractivity contribution is -0.136. The molecule has 22 heteroatoms. The molecule has 1 aliphatic carbocycles. The number of anilines is 3. The molecule has 4 amide bonds. The molecule has 0 radical (unpaired) electrons. The van der Waals surface area contributed by atoms with Crippen molar-refractivity contribution < 1.29 is 37.2 Å². The number of nitrogens with zero attached hydrogens (tertiary/aromatic N) is 11. The molecule has 5 fully saturated rings. The number of aromatic nitrogens is 7. The minimum Gasteiger partial charge on any atom is -0.439 e. The number of rotatable bonds is 11. The molecule has 0 bridgehead atoms. The number of likely N-dealkylation sites (tertiary alicyclic amines) is 2. The fourth-order valence-electron chi connectivity index (χ4n) is 10.6. The van der Waals surface area contributed by atoms with Crippen LogP contribution in [0.3, 0.4) is 0 Å². The average molecular weight is 979 g/mol. The van der Waals surface area contributed by atoms with Crippen LogP contribution in [0.4, 0.5) is 30.8 Å². The van der Waals surface area contributed by atoms with Crippen molar-refractivity contribution in [3.05, 3.63) is 53.8 Å². The minimum atomic E-state index is -0.748. The summed E-state index contributed by atoms with van der Waals surface area (Å²) in [6, 6.07) is 1.83. The number of amides is 4. The highest BCUT2D eigenvalue weighted by Crippen LogP contribution is 2.48. The van der Waals surface area contributed by atoms with Crippen molar-refractivity contribution >= 4 is 52.0 Å². The molecule has 2 atom stereocenters. The molecule has 4 aromatic heterocycles. The quantitative estimate of drug-likeness (QED) is 0.140. The standard InChI is InChI=1S/C49H60F2N14O6/c1-27(61-17-19-63(20-18-61)42-33(50)21-32(22-34(42)51)57-35-7-8-36(66)58-47(35)68)28-9-13-62(14-10-28)37(67)25-70-48(69)64-15-11-29(12-16-64)31-23-53-45(54-24-31)38-41(60-71-43(38)30-5-6-30)40-39-44(52)55-26-56-46(39)65(59-40)49(2,3)4/h21-24,26-30,35,57H,5-20,25H2,1-4H3,(H2,52,55,56)(H,58,66,68)/t27-,35?/m0/s1. The first-order valence-corrected chi connectivity index (χ1v) is 24.7. The monoisotopic (exact) mass is 978 g/mol. The van der Waals surface area contributed by atoms with E-state index >= 15 is 8.78 Å². The molecule has 5 aliphatic rings. The van der Waals surface area contributed by atoms with Gasteiger partial charge in [-0.3, -0.25) is 24.6 Å². The first-order chi connectivity index (χ1) is 34.1. The van der Waals surface area contributed by atoms with Crippen molar-refractivity contribution in [3.8, 4) is 22.8 Å². The number of halogens is 2. The van der Waals surface area contributed by atoms with Crippen LogP contribution in [-0.2, 0) is 24.7 Å². The molecule has 1 saturated carbocycles. The molecule has 4 saturated heterocycles. The van der Waals surface area contributed by atoms with E-state index in [0.717, 1.165) is 37.0 Å². The van der Waals surface area contributed by atoms with Gasteiger partial charge in [0.15, 0.2) is 35.5 Å². The molecule has 0 spiro atoms. The molecule has 1 unspecified atom stereocenters. The minimum absolute atomic E-state index is 0.0962. The van der Waals surface area contributed by atoms with Gasteiger partial charge in [0.2, 0.25) is 11.8 Å². The molecule has 4 N–H and O–H groups in total. The third-order valence-electron chi connectivity index (χ3n) is 14.8. The first-order valence-electron chi connectivity index (χ1n) is 24.7. The van der Waals surface area contributed by atoms with Crippen LogP contribution in [0, 0.1) is 17.6 Å². The van der Waals surface area contributed by atoms with Gasteiger partial charge in [0.25, 0.3) is 5.91 Å². The van der Waals surface area contributed by atoms with Crippen LogP contribution in [-0.4, -0.2) is 144 Å². The van der Waals surface area contributed by atoms with E-state index < -0.39 is 35.2 Å². The van der Waals surface area contributed by atoms with E-state index in [-0.39, 0.29) is 60.5 Å². The number of piperidine rings is 3. The highest BCUT2D eigenvalue weighted by molar-refractivity contribution is 6.02. The summed E-state index contributed by atoms with van der Waals surface area (Å²) in [5, 5.41) is 15.1. The highest BCUT2D eigenvalue weighted by Gasteiger charge is 2.38. The maximum atomic E-state index is 15.3. The average Bonchev–Trinajstić information content (AvgIpc) is 3.98. The van der Waals surface area contributed by atoms with Crippen LogP contribution < -0.4 is 21.3 Å². The zero-order valence-corrected chi connectivity index (χ0v) is 40.5. The molecule has 10 rings (SSSR count). The van der Waals surface area contributed by atoms with Gasteiger partial charge in [0, 0.05) is 88.8 Å². The number of benzene rings is 1. The Bertz CT molecular complexity index is 2800. The Labute approximate surface area is 409 Å². The van der Waals surface area contributed by atoms with Crippen molar-refractivity contribution in [1.29, 1.82) is 0 Å². The number of hydrogen-bond donors (Lipinski definition) is 3. The van der Waals surface area contributed by atoms with E-state index in [2.05, 4.69) is 37.6 Å². The SMILES string of the molecule is C[C@@H](C1CCN(C(=O)COC(=O)N2CCC(c3cnc(-c4c(-c5nn(C(C)(C)C)c6ncnc(N)c56)noc4C4CC4)nc3)CC2)CC1)N1CCN(c2c(F)cc(NC3CCC(=O)NC3=O)cc2F)CC1. The van der Waals surface area contributed by atoms with Gasteiger partial charge in [-0.05, 0) is 102 Å². The van der Waals surface area contributed by atoms with Crippen LogP contribution in [0.5, 0.6) is 0 Å². The maximum Gasteiger partial charge on any atom is 0.410 e. The van der Waals surface area contributed by atoms with Crippen molar-refractivity contribution in [2.75, 3.05) is 74.9 Å². The zero-order valence-electron chi connectivity index (χ0n) is 40.5. The van der Waals surface area contributed by atoms with Gasteiger partial charge in [0.05, 0.1) is 16.5 Å². The van der Waals surface area contributed by atoms with E-state index in [0.29, 0.717) is 111 Å². The Kier molecular flexibility index (Phi) is 13.1. The van der Waals surface area contributed by atoms with Gasteiger partial charge in [-0.1, -0.05) is 5.16 Å². The lowest BCUT2D eigenvalue weighted by atomic mass is 9.89. The number of imide groups is 1.